The van der Waals surface area contributed by atoms with E-state index in [9.17, 15) is 9.18 Å². The van der Waals surface area contributed by atoms with Crippen LogP contribution in [0.15, 0.2) is 22.6 Å². The first kappa shape index (κ1) is 17.2. The molecule has 0 radical (unpaired) electrons. The number of nitrogens with one attached hydrogen (secondary N) is 1. The fourth-order valence-electron chi connectivity index (χ4n) is 3.95. The Hall–Kier alpha value is -1.59. The van der Waals surface area contributed by atoms with E-state index in [1.807, 2.05) is 11.8 Å². The van der Waals surface area contributed by atoms with Gasteiger partial charge in [0.05, 0.1) is 0 Å². The summed E-state index contributed by atoms with van der Waals surface area (Å²) in [4.78, 5) is 14.7. The first-order valence-corrected chi connectivity index (χ1v) is 8.27. The van der Waals surface area contributed by atoms with Gasteiger partial charge >= 0.3 is 0 Å². The predicted octanol–water partition coefficient (Wildman–Crippen LogP) is 3.52. The molecule has 0 unspecified atom stereocenters. The van der Waals surface area contributed by atoms with Crippen molar-refractivity contribution in [2.75, 3.05) is 26.2 Å². The summed E-state index contributed by atoms with van der Waals surface area (Å²) in [5.74, 6) is -0.0277. The lowest BCUT2D eigenvalue weighted by Gasteiger charge is -2.38. The van der Waals surface area contributed by atoms with Crippen molar-refractivity contribution in [2.45, 2.75) is 26.2 Å². The van der Waals surface area contributed by atoms with Gasteiger partial charge in [0, 0.05) is 30.6 Å². The SMILES string of the molecule is Cc1c(C(=O)N2CCC3(CCNC3)CC2)oc2ccc(F)cc12.Cl. The summed E-state index contributed by atoms with van der Waals surface area (Å²) >= 11 is 0. The fourth-order valence-corrected chi connectivity index (χ4v) is 3.95. The van der Waals surface area contributed by atoms with E-state index in [2.05, 4.69) is 5.32 Å². The van der Waals surface area contributed by atoms with Crippen LogP contribution in [0.1, 0.15) is 35.4 Å². The zero-order chi connectivity index (χ0) is 16.0. The molecule has 6 heteroatoms. The van der Waals surface area contributed by atoms with Crippen LogP contribution in [0.3, 0.4) is 0 Å². The van der Waals surface area contributed by atoms with Gasteiger partial charge in [-0.3, -0.25) is 4.79 Å². The summed E-state index contributed by atoms with van der Waals surface area (Å²) in [5.41, 5.74) is 1.68. The molecule has 1 aromatic carbocycles. The van der Waals surface area contributed by atoms with Crippen LogP contribution in [0.2, 0.25) is 0 Å². The van der Waals surface area contributed by atoms with Gasteiger partial charge in [0.2, 0.25) is 0 Å². The average Bonchev–Trinajstić information content (AvgIpc) is 3.13. The number of benzene rings is 1. The third kappa shape index (κ3) is 2.80. The Morgan fingerprint density at radius 1 is 1.29 bits per heavy atom. The first-order chi connectivity index (χ1) is 11.1. The van der Waals surface area contributed by atoms with Crippen LogP contribution in [-0.4, -0.2) is 37.0 Å². The largest absolute Gasteiger partial charge is 0.451 e. The maximum Gasteiger partial charge on any atom is 0.289 e. The number of aryl methyl sites for hydroxylation is 1. The first-order valence-electron chi connectivity index (χ1n) is 8.27. The second kappa shape index (κ2) is 6.37. The Bertz CT molecular complexity index is 758. The molecule has 4 rings (SSSR count). The fraction of sp³-hybridized carbons (Fsp3) is 0.500. The molecule has 0 aliphatic carbocycles. The highest BCUT2D eigenvalue weighted by molar-refractivity contribution is 5.99. The van der Waals surface area contributed by atoms with Gasteiger partial charge in [-0.05, 0) is 56.3 Å². The van der Waals surface area contributed by atoms with E-state index in [0.717, 1.165) is 44.6 Å². The third-order valence-electron chi connectivity index (χ3n) is 5.54. The molecule has 2 aliphatic rings. The highest BCUT2D eigenvalue weighted by atomic mass is 35.5. The van der Waals surface area contributed by atoms with Crippen molar-refractivity contribution < 1.29 is 13.6 Å². The number of fused-ring (bicyclic) bond motifs is 1. The Morgan fingerprint density at radius 3 is 2.71 bits per heavy atom. The van der Waals surface area contributed by atoms with Gasteiger partial charge in [0.1, 0.15) is 11.4 Å². The van der Waals surface area contributed by atoms with Gasteiger partial charge in [-0.15, -0.1) is 12.4 Å². The summed E-state index contributed by atoms with van der Waals surface area (Å²) in [6.07, 6.45) is 3.29. The van der Waals surface area contributed by atoms with E-state index in [1.165, 1.54) is 18.6 Å². The van der Waals surface area contributed by atoms with E-state index in [-0.39, 0.29) is 24.1 Å². The number of carbonyl (C=O) groups excluding carboxylic acids is 1. The minimum Gasteiger partial charge on any atom is -0.451 e. The van der Waals surface area contributed by atoms with Crippen LogP contribution in [0.25, 0.3) is 11.0 Å². The quantitative estimate of drug-likeness (QED) is 0.854. The van der Waals surface area contributed by atoms with Gasteiger partial charge in [-0.25, -0.2) is 4.39 Å². The van der Waals surface area contributed by atoms with Crippen LogP contribution in [-0.2, 0) is 0 Å². The highest BCUT2D eigenvalue weighted by Gasteiger charge is 2.38. The molecule has 1 spiro atoms. The Kier molecular flexibility index (Phi) is 4.58. The summed E-state index contributed by atoms with van der Waals surface area (Å²) in [6, 6.07) is 4.38. The van der Waals surface area contributed by atoms with E-state index < -0.39 is 0 Å². The molecule has 1 N–H and O–H groups in total. The monoisotopic (exact) mass is 352 g/mol. The number of halogens is 2. The number of hydrogen-bond acceptors (Lipinski definition) is 3. The Balaban J connectivity index is 0.00000169. The molecule has 0 atom stereocenters. The molecule has 2 fully saturated rings. The maximum absolute atomic E-state index is 13.4. The van der Waals surface area contributed by atoms with Crippen molar-refractivity contribution in [3.8, 4) is 0 Å². The van der Waals surface area contributed by atoms with Crippen molar-refractivity contribution in [1.29, 1.82) is 0 Å². The number of likely N-dealkylation sites (tertiary alicyclic amines) is 1. The second-order valence-electron chi connectivity index (χ2n) is 6.92. The van der Waals surface area contributed by atoms with Gasteiger partial charge < -0.3 is 14.6 Å². The van der Waals surface area contributed by atoms with Crippen molar-refractivity contribution in [3.05, 3.63) is 35.3 Å². The van der Waals surface area contributed by atoms with Gasteiger partial charge in [0.15, 0.2) is 5.76 Å². The second-order valence-corrected chi connectivity index (χ2v) is 6.92. The topological polar surface area (TPSA) is 45.5 Å². The molecule has 2 saturated heterocycles. The predicted molar refractivity (Wildman–Crippen MR) is 93.2 cm³/mol. The standard InChI is InChI=1S/C18H21FN2O2.ClH/c1-12-14-10-13(19)2-3-15(14)23-16(12)17(22)21-8-5-18(6-9-21)4-7-20-11-18;/h2-3,10,20H,4-9,11H2,1H3;1H. The van der Waals surface area contributed by atoms with Gasteiger partial charge in [0.25, 0.3) is 5.91 Å². The van der Waals surface area contributed by atoms with Crippen LogP contribution < -0.4 is 5.32 Å². The molecule has 24 heavy (non-hydrogen) atoms. The summed E-state index contributed by atoms with van der Waals surface area (Å²) < 4.78 is 19.1. The molecule has 0 saturated carbocycles. The van der Waals surface area contributed by atoms with Crippen molar-refractivity contribution in [2.24, 2.45) is 5.41 Å². The summed E-state index contributed by atoms with van der Waals surface area (Å²) in [5, 5.41) is 4.12. The normalized spacial score (nSPS) is 19.7. The molecule has 2 aromatic rings. The smallest absolute Gasteiger partial charge is 0.289 e. The van der Waals surface area contributed by atoms with Crippen molar-refractivity contribution >= 4 is 29.3 Å². The minimum absolute atomic E-state index is 0. The molecule has 4 nitrogen and oxygen atoms in total. The Labute approximate surface area is 146 Å². The van der Waals surface area contributed by atoms with E-state index in [4.69, 9.17) is 4.42 Å². The number of furan rings is 1. The van der Waals surface area contributed by atoms with E-state index in [0.29, 0.717) is 22.1 Å². The van der Waals surface area contributed by atoms with E-state index >= 15 is 0 Å². The molecule has 0 bridgehead atoms. The van der Waals surface area contributed by atoms with Crippen LogP contribution in [0, 0.1) is 18.2 Å². The highest BCUT2D eigenvalue weighted by Crippen LogP contribution is 2.37. The lowest BCUT2D eigenvalue weighted by Crippen LogP contribution is -2.44. The van der Waals surface area contributed by atoms with Crippen LogP contribution in [0.5, 0.6) is 0 Å². The summed E-state index contributed by atoms with van der Waals surface area (Å²) in [6.45, 7) is 5.52. The lowest BCUT2D eigenvalue weighted by molar-refractivity contribution is 0.0578. The molecular formula is C18H22ClFN2O2. The number of amides is 1. The maximum atomic E-state index is 13.4. The average molecular weight is 353 g/mol. The zero-order valence-corrected chi connectivity index (χ0v) is 14.5. The Morgan fingerprint density at radius 2 is 2.04 bits per heavy atom. The molecule has 1 amide bonds. The number of hydrogen-bond donors (Lipinski definition) is 1. The summed E-state index contributed by atoms with van der Waals surface area (Å²) in [7, 11) is 0. The molecular weight excluding hydrogens is 331 g/mol. The molecule has 2 aliphatic heterocycles. The van der Waals surface area contributed by atoms with E-state index in [1.54, 1.807) is 6.07 Å². The van der Waals surface area contributed by atoms with Gasteiger partial charge in [-0.1, -0.05) is 0 Å². The van der Waals surface area contributed by atoms with Crippen molar-refractivity contribution in [3.63, 3.8) is 0 Å². The van der Waals surface area contributed by atoms with Gasteiger partial charge in [-0.2, -0.15) is 0 Å². The molecule has 1 aromatic heterocycles. The third-order valence-corrected chi connectivity index (χ3v) is 5.54. The molecule has 3 heterocycles. The molecule has 130 valence electrons. The number of nitrogens with zero attached hydrogens (tertiary/aromatic N) is 1. The number of piperidine rings is 1. The number of rotatable bonds is 1. The number of carbonyl (C=O) groups is 1. The van der Waals surface area contributed by atoms with Crippen LogP contribution >= 0.6 is 12.4 Å². The zero-order valence-electron chi connectivity index (χ0n) is 13.7. The van der Waals surface area contributed by atoms with Crippen molar-refractivity contribution in [1.82, 2.24) is 10.2 Å². The van der Waals surface area contributed by atoms with Crippen LogP contribution in [0.4, 0.5) is 4.39 Å². The minimum atomic E-state index is -0.311. The lowest BCUT2D eigenvalue weighted by atomic mass is 9.78.